The number of rotatable bonds is 4. The molecule has 23 heavy (non-hydrogen) atoms. The normalized spacial score (nSPS) is 15.8. The number of azo groups is 1. The molecule has 0 saturated heterocycles. The van der Waals surface area contributed by atoms with Gasteiger partial charge in [0.15, 0.2) is 0 Å². The number of aromatic carboxylic acids is 1. The Morgan fingerprint density at radius 1 is 0.913 bits per heavy atom. The lowest BCUT2D eigenvalue weighted by Gasteiger charge is -2.21. The van der Waals surface area contributed by atoms with Gasteiger partial charge in [-0.25, -0.2) is 4.79 Å². The quantitative estimate of drug-likeness (QED) is 0.720. The zero-order chi connectivity index (χ0) is 16.1. The van der Waals surface area contributed by atoms with Crippen molar-refractivity contribution in [3.05, 3.63) is 59.7 Å². The van der Waals surface area contributed by atoms with E-state index in [-0.39, 0.29) is 5.56 Å². The predicted octanol–water partition coefficient (Wildman–Crippen LogP) is 5.85. The largest absolute Gasteiger partial charge is 0.478 e. The van der Waals surface area contributed by atoms with E-state index in [9.17, 15) is 4.79 Å². The predicted molar refractivity (Wildman–Crippen MR) is 89.8 cm³/mol. The number of carbonyl (C=O) groups is 1. The van der Waals surface area contributed by atoms with Crippen molar-refractivity contribution in [2.24, 2.45) is 10.2 Å². The summed E-state index contributed by atoms with van der Waals surface area (Å²) >= 11 is 0. The molecule has 4 heteroatoms. The highest BCUT2D eigenvalue weighted by atomic mass is 16.4. The van der Waals surface area contributed by atoms with E-state index in [1.165, 1.54) is 49.8 Å². The van der Waals surface area contributed by atoms with Crippen LogP contribution in [0, 0.1) is 0 Å². The number of nitrogens with zero attached hydrogens (tertiary/aromatic N) is 2. The zero-order valence-corrected chi connectivity index (χ0v) is 13.0. The van der Waals surface area contributed by atoms with Crippen LogP contribution >= 0.6 is 0 Å². The fourth-order valence-corrected chi connectivity index (χ4v) is 3.06. The summed E-state index contributed by atoms with van der Waals surface area (Å²) in [5.74, 6) is -0.289. The molecule has 1 aliphatic rings. The lowest BCUT2D eigenvalue weighted by Crippen LogP contribution is -2.03. The van der Waals surface area contributed by atoms with Crippen LogP contribution in [-0.4, -0.2) is 11.1 Å². The molecule has 4 nitrogen and oxygen atoms in total. The van der Waals surface area contributed by atoms with Gasteiger partial charge < -0.3 is 5.11 Å². The average Bonchev–Trinajstić information content (AvgIpc) is 2.61. The highest BCUT2D eigenvalue weighted by Gasteiger charge is 2.15. The zero-order valence-electron chi connectivity index (χ0n) is 13.0. The summed E-state index contributed by atoms with van der Waals surface area (Å²) < 4.78 is 0. The molecular weight excluding hydrogens is 288 g/mol. The number of hydrogen-bond acceptors (Lipinski definition) is 3. The molecule has 1 N–H and O–H groups in total. The first-order valence-corrected chi connectivity index (χ1v) is 8.07. The molecule has 3 rings (SSSR count). The summed E-state index contributed by atoms with van der Waals surface area (Å²) in [6, 6.07) is 14.7. The summed E-state index contributed by atoms with van der Waals surface area (Å²) in [5.41, 5.74) is 3.10. The van der Waals surface area contributed by atoms with Crippen molar-refractivity contribution < 1.29 is 9.90 Å². The molecule has 0 aromatic heterocycles. The Labute approximate surface area is 135 Å². The van der Waals surface area contributed by atoms with Crippen molar-refractivity contribution in [2.75, 3.05) is 0 Å². The second-order valence-corrected chi connectivity index (χ2v) is 5.98. The SMILES string of the molecule is O=C(O)c1ccc(N=Nc2cccc(C3CCCCC3)c2)cc1. The molecule has 1 saturated carbocycles. The van der Waals surface area contributed by atoms with Gasteiger partial charge in [-0.2, -0.15) is 10.2 Å². The smallest absolute Gasteiger partial charge is 0.335 e. The number of benzene rings is 2. The van der Waals surface area contributed by atoms with E-state index in [0.29, 0.717) is 11.6 Å². The Bertz CT molecular complexity index is 702. The fourth-order valence-electron chi connectivity index (χ4n) is 3.06. The van der Waals surface area contributed by atoms with Crippen molar-refractivity contribution in [3.63, 3.8) is 0 Å². The molecule has 0 aliphatic heterocycles. The minimum Gasteiger partial charge on any atom is -0.478 e. The Hall–Kier alpha value is -2.49. The van der Waals surface area contributed by atoms with E-state index in [4.69, 9.17) is 5.11 Å². The summed E-state index contributed by atoms with van der Waals surface area (Å²) in [4.78, 5) is 10.8. The van der Waals surface area contributed by atoms with Crippen LogP contribution < -0.4 is 0 Å². The first-order chi connectivity index (χ1) is 11.2. The van der Waals surface area contributed by atoms with Gasteiger partial charge in [-0.05, 0) is 60.7 Å². The molecule has 0 spiro atoms. The first kappa shape index (κ1) is 15.4. The topological polar surface area (TPSA) is 62.0 Å². The van der Waals surface area contributed by atoms with Crippen LogP contribution in [0.4, 0.5) is 11.4 Å². The molecule has 0 unspecified atom stereocenters. The summed E-state index contributed by atoms with van der Waals surface area (Å²) in [6.45, 7) is 0. The third-order valence-corrected chi connectivity index (χ3v) is 4.34. The molecule has 0 atom stereocenters. The van der Waals surface area contributed by atoms with Gasteiger partial charge in [-0.1, -0.05) is 31.4 Å². The average molecular weight is 308 g/mol. The van der Waals surface area contributed by atoms with Crippen LogP contribution in [0.5, 0.6) is 0 Å². The van der Waals surface area contributed by atoms with Crippen LogP contribution in [-0.2, 0) is 0 Å². The van der Waals surface area contributed by atoms with E-state index in [2.05, 4.69) is 22.4 Å². The Morgan fingerprint density at radius 3 is 2.30 bits per heavy atom. The van der Waals surface area contributed by atoms with Crippen molar-refractivity contribution >= 4 is 17.3 Å². The van der Waals surface area contributed by atoms with Crippen LogP contribution in [0.1, 0.15) is 53.9 Å². The maximum absolute atomic E-state index is 10.8. The minimum atomic E-state index is -0.936. The number of carboxylic acid groups (broad SMARTS) is 1. The third kappa shape index (κ3) is 4.03. The molecule has 0 amide bonds. The lowest BCUT2D eigenvalue weighted by atomic mass is 9.84. The molecular formula is C19H20N2O2. The number of carboxylic acids is 1. The Balaban J connectivity index is 1.73. The van der Waals surface area contributed by atoms with Crippen LogP contribution in [0.2, 0.25) is 0 Å². The van der Waals surface area contributed by atoms with Crippen LogP contribution in [0.25, 0.3) is 0 Å². The molecule has 2 aromatic rings. The highest BCUT2D eigenvalue weighted by molar-refractivity contribution is 5.87. The van der Waals surface area contributed by atoms with Gasteiger partial charge in [0.2, 0.25) is 0 Å². The third-order valence-electron chi connectivity index (χ3n) is 4.34. The van der Waals surface area contributed by atoms with Gasteiger partial charge in [-0.3, -0.25) is 0 Å². The molecule has 1 aliphatic carbocycles. The van der Waals surface area contributed by atoms with E-state index >= 15 is 0 Å². The molecule has 0 bridgehead atoms. The van der Waals surface area contributed by atoms with Gasteiger partial charge in [0.1, 0.15) is 0 Å². The van der Waals surface area contributed by atoms with Gasteiger partial charge in [0.25, 0.3) is 0 Å². The van der Waals surface area contributed by atoms with E-state index in [1.54, 1.807) is 12.1 Å². The molecule has 2 aromatic carbocycles. The van der Waals surface area contributed by atoms with Gasteiger partial charge in [0.05, 0.1) is 16.9 Å². The van der Waals surface area contributed by atoms with E-state index < -0.39 is 5.97 Å². The Morgan fingerprint density at radius 2 is 1.61 bits per heavy atom. The van der Waals surface area contributed by atoms with Gasteiger partial charge >= 0.3 is 5.97 Å². The van der Waals surface area contributed by atoms with Crippen molar-refractivity contribution in [3.8, 4) is 0 Å². The monoisotopic (exact) mass is 308 g/mol. The lowest BCUT2D eigenvalue weighted by molar-refractivity contribution is 0.0697. The van der Waals surface area contributed by atoms with E-state index in [1.807, 2.05) is 12.1 Å². The molecule has 1 fully saturated rings. The second-order valence-electron chi connectivity index (χ2n) is 5.98. The summed E-state index contributed by atoms with van der Waals surface area (Å²) in [5, 5.41) is 17.4. The van der Waals surface area contributed by atoms with Gasteiger partial charge in [0, 0.05) is 0 Å². The standard InChI is InChI=1S/C19H20N2O2/c22-19(23)15-9-11-17(12-10-15)20-21-18-8-4-7-16(13-18)14-5-2-1-3-6-14/h4,7-14H,1-3,5-6H2,(H,22,23). The van der Waals surface area contributed by atoms with Crippen molar-refractivity contribution in [2.45, 2.75) is 38.0 Å². The summed E-state index contributed by atoms with van der Waals surface area (Å²) in [7, 11) is 0. The number of hydrogen-bond donors (Lipinski definition) is 1. The summed E-state index contributed by atoms with van der Waals surface area (Å²) in [6.07, 6.45) is 6.50. The van der Waals surface area contributed by atoms with E-state index in [0.717, 1.165) is 5.69 Å². The molecule has 118 valence electrons. The van der Waals surface area contributed by atoms with Crippen LogP contribution in [0.3, 0.4) is 0 Å². The first-order valence-electron chi connectivity index (χ1n) is 8.07. The van der Waals surface area contributed by atoms with Crippen LogP contribution in [0.15, 0.2) is 58.8 Å². The molecule has 0 radical (unpaired) electrons. The van der Waals surface area contributed by atoms with Gasteiger partial charge in [-0.15, -0.1) is 0 Å². The maximum atomic E-state index is 10.8. The maximum Gasteiger partial charge on any atom is 0.335 e. The highest BCUT2D eigenvalue weighted by Crippen LogP contribution is 2.34. The van der Waals surface area contributed by atoms with Crippen molar-refractivity contribution in [1.29, 1.82) is 0 Å². The Kier molecular flexibility index (Phi) is 4.81. The second kappa shape index (κ2) is 7.18. The molecule has 0 heterocycles. The minimum absolute atomic E-state index is 0.253. The van der Waals surface area contributed by atoms with Crippen molar-refractivity contribution in [1.82, 2.24) is 0 Å². The fraction of sp³-hybridized carbons (Fsp3) is 0.316.